The molecule has 2 nitrogen and oxygen atoms in total. The van der Waals surface area contributed by atoms with Crippen molar-refractivity contribution < 1.29 is 4.74 Å². The van der Waals surface area contributed by atoms with Gasteiger partial charge in [0.2, 0.25) is 0 Å². The molecule has 0 aliphatic heterocycles. The summed E-state index contributed by atoms with van der Waals surface area (Å²) in [5.74, 6) is 0.968. The predicted octanol–water partition coefficient (Wildman–Crippen LogP) is 5.31. The van der Waals surface area contributed by atoms with Gasteiger partial charge in [-0.2, -0.15) is 0 Å². The minimum atomic E-state index is 0.183. The van der Waals surface area contributed by atoms with Gasteiger partial charge in [0.15, 0.2) is 0 Å². The molecule has 0 spiro atoms. The van der Waals surface area contributed by atoms with E-state index in [1.165, 1.54) is 19.8 Å². The molecule has 4 heteroatoms. The third kappa shape index (κ3) is 4.09. The van der Waals surface area contributed by atoms with Gasteiger partial charge in [0.05, 0.1) is 12.6 Å². The molecule has 21 heavy (non-hydrogen) atoms. The molecule has 0 saturated heterocycles. The van der Waals surface area contributed by atoms with Gasteiger partial charge in [-0.15, -0.1) is 11.3 Å². The molecule has 1 aromatic heterocycles. The zero-order chi connectivity index (χ0) is 15.2. The second-order valence-electron chi connectivity index (χ2n) is 4.91. The lowest BCUT2D eigenvalue weighted by molar-refractivity contribution is 0.333. The maximum Gasteiger partial charge on any atom is 0.124 e. The molecule has 1 heterocycles. The standard InChI is InChI=1S/C17H22BrNOS/c1-4-10-19-17(16-11-14(18)12(3)21-16)13-8-6-7-9-15(13)20-5-2/h6-9,11,17,19H,4-5,10H2,1-3H3. The van der Waals surface area contributed by atoms with Crippen molar-refractivity contribution in [3.05, 3.63) is 50.1 Å². The summed E-state index contributed by atoms with van der Waals surface area (Å²) in [6, 6.07) is 10.7. The fraction of sp³-hybridized carbons (Fsp3) is 0.412. The minimum Gasteiger partial charge on any atom is -0.494 e. The molecule has 0 amide bonds. The fourth-order valence-electron chi connectivity index (χ4n) is 2.28. The lowest BCUT2D eigenvalue weighted by Gasteiger charge is -2.20. The van der Waals surface area contributed by atoms with Crippen LogP contribution in [-0.2, 0) is 0 Å². The molecule has 0 bridgehead atoms. The van der Waals surface area contributed by atoms with Crippen molar-refractivity contribution in [2.24, 2.45) is 0 Å². The normalized spacial score (nSPS) is 12.4. The molecule has 1 N–H and O–H groups in total. The van der Waals surface area contributed by atoms with Crippen LogP contribution in [0, 0.1) is 6.92 Å². The molecule has 0 aliphatic rings. The second-order valence-corrected chi connectivity index (χ2v) is 7.05. The molecule has 0 radical (unpaired) electrons. The van der Waals surface area contributed by atoms with Gasteiger partial charge < -0.3 is 10.1 Å². The smallest absolute Gasteiger partial charge is 0.124 e. The quantitative estimate of drug-likeness (QED) is 0.715. The van der Waals surface area contributed by atoms with E-state index in [1.54, 1.807) is 0 Å². The van der Waals surface area contributed by atoms with E-state index in [0.29, 0.717) is 6.61 Å². The number of para-hydroxylation sites is 1. The highest BCUT2D eigenvalue weighted by Gasteiger charge is 2.20. The highest BCUT2D eigenvalue weighted by molar-refractivity contribution is 9.10. The van der Waals surface area contributed by atoms with Crippen molar-refractivity contribution in [1.29, 1.82) is 0 Å². The molecule has 1 atom stereocenters. The van der Waals surface area contributed by atoms with Crippen LogP contribution in [0.15, 0.2) is 34.8 Å². The van der Waals surface area contributed by atoms with E-state index in [-0.39, 0.29) is 6.04 Å². The third-order valence-corrected chi connectivity index (χ3v) is 5.49. The van der Waals surface area contributed by atoms with Gasteiger partial charge in [-0.05, 0) is 54.9 Å². The summed E-state index contributed by atoms with van der Waals surface area (Å²) in [7, 11) is 0. The molecule has 0 saturated carbocycles. The molecule has 114 valence electrons. The van der Waals surface area contributed by atoms with Crippen molar-refractivity contribution >= 4 is 27.3 Å². The zero-order valence-corrected chi connectivity index (χ0v) is 15.2. The highest BCUT2D eigenvalue weighted by atomic mass is 79.9. The van der Waals surface area contributed by atoms with Gasteiger partial charge in [-0.25, -0.2) is 0 Å². The van der Waals surface area contributed by atoms with Gasteiger partial charge >= 0.3 is 0 Å². The number of aryl methyl sites for hydroxylation is 1. The molecular weight excluding hydrogens is 346 g/mol. The summed E-state index contributed by atoms with van der Waals surface area (Å²) < 4.78 is 6.99. The van der Waals surface area contributed by atoms with Crippen LogP contribution >= 0.6 is 27.3 Å². The Labute approximate surface area is 139 Å². The van der Waals surface area contributed by atoms with E-state index in [0.717, 1.165) is 18.7 Å². The van der Waals surface area contributed by atoms with Gasteiger partial charge in [0, 0.05) is 19.8 Å². The fourth-order valence-corrected chi connectivity index (χ4v) is 3.94. The zero-order valence-electron chi connectivity index (χ0n) is 12.8. The van der Waals surface area contributed by atoms with E-state index in [4.69, 9.17) is 4.74 Å². The molecule has 2 aromatic rings. The summed E-state index contributed by atoms with van der Waals surface area (Å²) in [4.78, 5) is 2.63. The molecule has 1 unspecified atom stereocenters. The predicted molar refractivity (Wildman–Crippen MR) is 94.5 cm³/mol. The highest BCUT2D eigenvalue weighted by Crippen LogP contribution is 2.36. The van der Waals surface area contributed by atoms with Gasteiger partial charge in [-0.3, -0.25) is 0 Å². The van der Waals surface area contributed by atoms with E-state index in [2.05, 4.69) is 59.4 Å². The van der Waals surface area contributed by atoms with E-state index in [1.807, 2.05) is 24.3 Å². The van der Waals surface area contributed by atoms with Crippen LogP contribution < -0.4 is 10.1 Å². The summed E-state index contributed by atoms with van der Waals surface area (Å²) in [6.45, 7) is 8.03. The Hall–Kier alpha value is -0.840. The van der Waals surface area contributed by atoms with E-state index in [9.17, 15) is 0 Å². The number of ether oxygens (including phenoxy) is 1. The van der Waals surface area contributed by atoms with Crippen molar-refractivity contribution in [3.63, 3.8) is 0 Å². The van der Waals surface area contributed by atoms with E-state index < -0.39 is 0 Å². The van der Waals surface area contributed by atoms with Crippen LogP contribution in [0.2, 0.25) is 0 Å². The first-order chi connectivity index (χ1) is 10.2. The van der Waals surface area contributed by atoms with E-state index >= 15 is 0 Å². The van der Waals surface area contributed by atoms with Crippen LogP contribution in [0.5, 0.6) is 5.75 Å². The van der Waals surface area contributed by atoms with Gasteiger partial charge in [-0.1, -0.05) is 25.1 Å². The van der Waals surface area contributed by atoms with Crippen molar-refractivity contribution in [1.82, 2.24) is 5.32 Å². The van der Waals surface area contributed by atoms with Crippen LogP contribution in [0.3, 0.4) is 0 Å². The Bertz CT molecular complexity index is 562. The maximum atomic E-state index is 5.81. The number of hydrogen-bond donors (Lipinski definition) is 1. The summed E-state index contributed by atoms with van der Waals surface area (Å²) in [6.07, 6.45) is 1.11. The van der Waals surface area contributed by atoms with Crippen LogP contribution in [0.1, 0.15) is 41.6 Å². The Morgan fingerprint density at radius 1 is 1.29 bits per heavy atom. The van der Waals surface area contributed by atoms with Crippen LogP contribution in [-0.4, -0.2) is 13.2 Å². The molecule has 1 aromatic carbocycles. The lowest BCUT2D eigenvalue weighted by atomic mass is 10.0. The van der Waals surface area contributed by atoms with Crippen LogP contribution in [0.25, 0.3) is 0 Å². The first-order valence-electron chi connectivity index (χ1n) is 7.38. The van der Waals surface area contributed by atoms with Crippen LogP contribution in [0.4, 0.5) is 0 Å². The first kappa shape index (κ1) is 16.5. The molecule has 0 aliphatic carbocycles. The monoisotopic (exact) mass is 367 g/mol. The lowest BCUT2D eigenvalue weighted by Crippen LogP contribution is -2.23. The SMILES string of the molecule is CCCNC(c1cc(Br)c(C)s1)c1ccccc1OCC. The topological polar surface area (TPSA) is 21.3 Å². The average molecular weight is 368 g/mol. The van der Waals surface area contributed by atoms with Crippen molar-refractivity contribution in [2.75, 3.05) is 13.2 Å². The average Bonchev–Trinajstić information content (AvgIpc) is 2.81. The number of hydrogen-bond acceptors (Lipinski definition) is 3. The first-order valence-corrected chi connectivity index (χ1v) is 8.99. The van der Waals surface area contributed by atoms with Gasteiger partial charge in [0.1, 0.15) is 5.75 Å². The summed E-state index contributed by atoms with van der Waals surface area (Å²) in [5.41, 5.74) is 1.21. The Balaban J connectivity index is 2.40. The summed E-state index contributed by atoms with van der Waals surface area (Å²) >= 11 is 5.46. The number of thiophene rings is 1. The number of benzene rings is 1. The largest absolute Gasteiger partial charge is 0.494 e. The molecule has 0 fully saturated rings. The Kier molecular flexibility index (Phi) is 6.27. The second kappa shape index (κ2) is 7.97. The van der Waals surface area contributed by atoms with Crippen molar-refractivity contribution in [3.8, 4) is 5.75 Å². The number of nitrogens with one attached hydrogen (secondary N) is 1. The summed E-state index contributed by atoms with van der Waals surface area (Å²) in [5, 5.41) is 3.65. The van der Waals surface area contributed by atoms with Gasteiger partial charge in [0.25, 0.3) is 0 Å². The minimum absolute atomic E-state index is 0.183. The van der Waals surface area contributed by atoms with Crippen molar-refractivity contribution in [2.45, 2.75) is 33.2 Å². The number of halogens is 1. The molecule has 2 rings (SSSR count). The Morgan fingerprint density at radius 2 is 2.05 bits per heavy atom. The maximum absolute atomic E-state index is 5.81. The third-order valence-electron chi connectivity index (χ3n) is 3.29. The molecular formula is C17H22BrNOS. The number of rotatable bonds is 7. The Morgan fingerprint density at radius 3 is 2.67 bits per heavy atom.